The lowest BCUT2D eigenvalue weighted by atomic mass is 10.1. The van der Waals surface area contributed by atoms with Gasteiger partial charge in [0.25, 0.3) is 11.2 Å². The number of nitrogens with zero attached hydrogens (tertiary/aromatic N) is 3. The topological polar surface area (TPSA) is 106 Å². The first-order chi connectivity index (χ1) is 17.0. The van der Waals surface area contributed by atoms with Crippen LogP contribution in [0.5, 0.6) is 11.5 Å². The van der Waals surface area contributed by atoms with E-state index >= 15 is 0 Å². The summed E-state index contributed by atoms with van der Waals surface area (Å²) in [5, 5.41) is 12.4. The van der Waals surface area contributed by atoms with E-state index in [1.54, 1.807) is 34.9 Å². The number of nitro groups is 1. The molecular formula is C25H21N3O6S. The van der Waals surface area contributed by atoms with Crippen LogP contribution in [0.25, 0.3) is 16.6 Å². The number of ether oxygens (including phenoxy) is 3. The molecule has 0 unspecified atom stereocenters. The molecule has 1 aliphatic heterocycles. The second kappa shape index (κ2) is 9.77. The lowest BCUT2D eigenvalue weighted by Crippen LogP contribution is -2.21. The molecule has 0 saturated heterocycles. The number of thioether (sulfide) groups is 1. The smallest absolute Gasteiger partial charge is 0.270 e. The molecule has 3 aromatic carbocycles. The van der Waals surface area contributed by atoms with Gasteiger partial charge in [-0.3, -0.25) is 19.5 Å². The Kier molecular flexibility index (Phi) is 6.39. The molecule has 4 aromatic rings. The molecule has 1 aromatic heterocycles. The third-order valence-electron chi connectivity index (χ3n) is 5.49. The highest BCUT2D eigenvalue weighted by Crippen LogP contribution is 2.36. The molecule has 0 aliphatic carbocycles. The van der Waals surface area contributed by atoms with Crippen LogP contribution in [0.2, 0.25) is 0 Å². The van der Waals surface area contributed by atoms with Crippen molar-refractivity contribution >= 4 is 28.4 Å². The first kappa shape index (κ1) is 22.9. The summed E-state index contributed by atoms with van der Waals surface area (Å²) in [6.07, 6.45) is 0. The number of aromatic nitrogens is 2. The molecule has 0 saturated carbocycles. The van der Waals surface area contributed by atoms with Crippen molar-refractivity contribution in [1.29, 1.82) is 0 Å². The number of para-hydroxylation sites is 1. The Bertz CT molecular complexity index is 1470. The van der Waals surface area contributed by atoms with Crippen molar-refractivity contribution in [2.24, 2.45) is 0 Å². The molecule has 1 aliphatic rings. The predicted octanol–water partition coefficient (Wildman–Crippen LogP) is 4.85. The van der Waals surface area contributed by atoms with Gasteiger partial charge in [-0.15, -0.1) is 0 Å². The van der Waals surface area contributed by atoms with Gasteiger partial charge >= 0.3 is 0 Å². The highest BCUT2D eigenvalue weighted by molar-refractivity contribution is 7.98. The van der Waals surface area contributed by atoms with Gasteiger partial charge in [0.15, 0.2) is 11.9 Å². The lowest BCUT2D eigenvalue weighted by Gasteiger charge is -2.20. The molecular weight excluding hydrogens is 470 g/mol. The Hall–Kier alpha value is -3.89. The van der Waals surface area contributed by atoms with Crippen LogP contribution in [0.1, 0.15) is 18.1 Å². The summed E-state index contributed by atoms with van der Waals surface area (Å²) in [5.41, 5.74) is 2.24. The number of fused-ring (bicyclic) bond motifs is 2. The van der Waals surface area contributed by atoms with E-state index in [9.17, 15) is 14.9 Å². The average Bonchev–Trinajstić information content (AvgIpc) is 2.88. The van der Waals surface area contributed by atoms with Crippen molar-refractivity contribution in [2.75, 3.05) is 13.4 Å². The van der Waals surface area contributed by atoms with Gasteiger partial charge in [-0.25, -0.2) is 4.98 Å². The molecule has 0 atom stereocenters. The summed E-state index contributed by atoms with van der Waals surface area (Å²) in [6.45, 7) is 2.76. The molecule has 0 fully saturated rings. The highest BCUT2D eigenvalue weighted by Gasteiger charge is 2.22. The van der Waals surface area contributed by atoms with Crippen molar-refractivity contribution in [2.45, 2.75) is 24.4 Å². The molecule has 5 rings (SSSR count). The van der Waals surface area contributed by atoms with Gasteiger partial charge in [-0.05, 0) is 43.3 Å². The molecule has 2 heterocycles. The van der Waals surface area contributed by atoms with Crippen molar-refractivity contribution in [3.63, 3.8) is 0 Å². The fourth-order valence-electron chi connectivity index (χ4n) is 3.93. The summed E-state index contributed by atoms with van der Waals surface area (Å²) in [5.74, 6) is 1.59. The van der Waals surface area contributed by atoms with E-state index in [0.29, 0.717) is 56.7 Å². The molecule has 0 spiro atoms. The Morgan fingerprint density at radius 2 is 1.97 bits per heavy atom. The Morgan fingerprint density at radius 1 is 1.17 bits per heavy atom. The Balaban J connectivity index is 1.58. The van der Waals surface area contributed by atoms with E-state index in [1.165, 1.54) is 23.9 Å². The maximum Gasteiger partial charge on any atom is 0.270 e. The van der Waals surface area contributed by atoms with Gasteiger partial charge in [0.2, 0.25) is 0 Å². The van der Waals surface area contributed by atoms with Crippen molar-refractivity contribution < 1.29 is 19.1 Å². The zero-order valence-electron chi connectivity index (χ0n) is 18.8. The second-order valence-electron chi connectivity index (χ2n) is 7.73. The monoisotopic (exact) mass is 491 g/mol. The predicted molar refractivity (Wildman–Crippen MR) is 131 cm³/mol. The fourth-order valence-corrected chi connectivity index (χ4v) is 4.91. The van der Waals surface area contributed by atoms with E-state index in [-0.39, 0.29) is 24.6 Å². The maximum absolute atomic E-state index is 13.5. The Labute approximate surface area is 204 Å². The number of non-ortho nitro benzene ring substituents is 1. The first-order valence-electron chi connectivity index (χ1n) is 10.9. The number of hydrogen-bond acceptors (Lipinski definition) is 8. The van der Waals surface area contributed by atoms with Crippen molar-refractivity contribution in [1.82, 2.24) is 9.55 Å². The van der Waals surface area contributed by atoms with E-state index < -0.39 is 4.92 Å². The van der Waals surface area contributed by atoms with E-state index in [2.05, 4.69) is 0 Å². The van der Waals surface area contributed by atoms with Crippen LogP contribution in [0, 0.1) is 10.1 Å². The first-order valence-corrected chi connectivity index (χ1v) is 11.9. The minimum absolute atomic E-state index is 0.0381. The highest BCUT2D eigenvalue weighted by atomic mass is 32.2. The number of nitro benzene ring substituents is 1. The molecule has 0 bridgehead atoms. The Morgan fingerprint density at radius 3 is 2.74 bits per heavy atom. The van der Waals surface area contributed by atoms with Crippen LogP contribution in [-0.2, 0) is 17.1 Å². The van der Waals surface area contributed by atoms with Gasteiger partial charge in [0.05, 0.1) is 34.7 Å². The van der Waals surface area contributed by atoms with Gasteiger partial charge in [-0.2, -0.15) is 0 Å². The van der Waals surface area contributed by atoms with Crippen LogP contribution in [0.15, 0.2) is 70.6 Å². The van der Waals surface area contributed by atoms with Gasteiger partial charge in [0, 0.05) is 29.0 Å². The summed E-state index contributed by atoms with van der Waals surface area (Å²) in [4.78, 5) is 29.3. The van der Waals surface area contributed by atoms with E-state index in [4.69, 9.17) is 19.2 Å². The largest absolute Gasteiger partial charge is 0.494 e. The summed E-state index contributed by atoms with van der Waals surface area (Å²) < 4.78 is 18.0. The van der Waals surface area contributed by atoms with Crippen LogP contribution in [0.3, 0.4) is 0 Å². The maximum atomic E-state index is 13.5. The van der Waals surface area contributed by atoms with Crippen LogP contribution in [0.4, 0.5) is 5.69 Å². The zero-order chi connectivity index (χ0) is 24.4. The summed E-state index contributed by atoms with van der Waals surface area (Å²) >= 11 is 1.31. The minimum Gasteiger partial charge on any atom is -0.494 e. The van der Waals surface area contributed by atoms with Crippen molar-refractivity contribution in [3.05, 3.63) is 92.3 Å². The molecule has 9 nitrogen and oxygen atoms in total. The van der Waals surface area contributed by atoms with Crippen LogP contribution < -0.4 is 15.0 Å². The third kappa shape index (κ3) is 4.58. The normalized spacial score (nSPS) is 12.7. The fraction of sp³-hybridized carbons (Fsp3) is 0.200. The SMILES string of the molecule is CCOc1ccc(-n2c(SCc3cc([N+](=O)[O-])cc4c3OCOC4)nc3ccccc3c2=O)cc1. The minimum atomic E-state index is -0.437. The molecule has 10 heteroatoms. The van der Waals surface area contributed by atoms with Gasteiger partial charge < -0.3 is 14.2 Å². The number of hydrogen-bond donors (Lipinski definition) is 0. The lowest BCUT2D eigenvalue weighted by molar-refractivity contribution is -0.385. The van der Waals surface area contributed by atoms with E-state index in [1.807, 2.05) is 25.1 Å². The zero-order valence-corrected chi connectivity index (χ0v) is 19.6. The number of rotatable bonds is 7. The quantitative estimate of drug-likeness (QED) is 0.156. The van der Waals surface area contributed by atoms with Gasteiger partial charge in [0.1, 0.15) is 11.5 Å². The van der Waals surface area contributed by atoms with Gasteiger partial charge in [-0.1, -0.05) is 23.9 Å². The average molecular weight is 492 g/mol. The number of benzene rings is 3. The second-order valence-corrected chi connectivity index (χ2v) is 8.67. The summed E-state index contributed by atoms with van der Waals surface area (Å²) in [7, 11) is 0. The molecule has 0 N–H and O–H groups in total. The standard InChI is InChI=1S/C25H21N3O6S/c1-2-33-20-9-7-18(8-10-20)27-24(29)21-5-3-4-6-22(21)26-25(27)35-14-17-12-19(28(30)31)11-16-13-32-15-34-23(16)17/h3-12H,2,13-15H2,1H3. The third-order valence-corrected chi connectivity index (χ3v) is 6.48. The van der Waals surface area contributed by atoms with Crippen LogP contribution in [-0.4, -0.2) is 27.9 Å². The van der Waals surface area contributed by atoms with Crippen molar-refractivity contribution in [3.8, 4) is 17.2 Å². The molecule has 0 radical (unpaired) electrons. The molecule has 35 heavy (non-hydrogen) atoms. The molecule has 178 valence electrons. The summed E-state index contributed by atoms with van der Waals surface area (Å²) in [6, 6.07) is 17.4. The molecule has 0 amide bonds. The van der Waals surface area contributed by atoms with E-state index in [0.717, 1.165) is 0 Å². The van der Waals surface area contributed by atoms with Crippen LogP contribution >= 0.6 is 11.8 Å².